The van der Waals surface area contributed by atoms with Crippen molar-refractivity contribution in [1.82, 2.24) is 9.47 Å². The first-order valence-corrected chi connectivity index (χ1v) is 9.22. The molecule has 1 atom stereocenters. The number of carboxylic acid groups (broad SMARTS) is 1. The highest BCUT2D eigenvalue weighted by atomic mass is 16.4. The number of fused-ring (bicyclic) bond motifs is 1. The zero-order valence-corrected chi connectivity index (χ0v) is 14.6. The van der Waals surface area contributed by atoms with Crippen molar-refractivity contribution in [2.75, 3.05) is 19.6 Å². The number of likely N-dealkylation sites (tertiary alicyclic amines) is 1. The van der Waals surface area contributed by atoms with Crippen LogP contribution in [0.2, 0.25) is 0 Å². The molecule has 2 heterocycles. The summed E-state index contributed by atoms with van der Waals surface area (Å²) in [6.07, 6.45) is 8.13. The highest BCUT2D eigenvalue weighted by molar-refractivity contribution is 6.03. The fraction of sp³-hybridized carbons (Fsp3) is 0.550. The number of aromatic nitrogens is 1. The molecule has 1 aromatic heterocycles. The van der Waals surface area contributed by atoms with E-state index in [1.165, 1.54) is 45.2 Å². The van der Waals surface area contributed by atoms with Crippen molar-refractivity contribution in [3.8, 4) is 0 Å². The molecule has 0 radical (unpaired) electrons. The van der Waals surface area contributed by atoms with Gasteiger partial charge in [0.25, 0.3) is 0 Å². The predicted molar refractivity (Wildman–Crippen MR) is 97.6 cm³/mol. The minimum absolute atomic E-state index is 0.419. The van der Waals surface area contributed by atoms with Gasteiger partial charge in [-0.3, -0.25) is 0 Å². The zero-order chi connectivity index (χ0) is 16.9. The molecule has 0 aliphatic carbocycles. The third-order valence-corrected chi connectivity index (χ3v) is 5.15. The second-order valence-corrected chi connectivity index (χ2v) is 7.03. The van der Waals surface area contributed by atoms with Crippen LogP contribution in [0.3, 0.4) is 0 Å². The maximum atomic E-state index is 11.5. The van der Waals surface area contributed by atoms with E-state index in [9.17, 15) is 9.90 Å². The van der Waals surface area contributed by atoms with Crippen LogP contribution < -0.4 is 0 Å². The van der Waals surface area contributed by atoms with Crippen LogP contribution in [0.25, 0.3) is 10.9 Å². The van der Waals surface area contributed by atoms with Crippen LogP contribution in [0, 0.1) is 5.92 Å². The molecule has 130 valence electrons. The number of unbranched alkanes of at least 4 members (excludes halogenated alkanes) is 1. The van der Waals surface area contributed by atoms with Crippen LogP contribution in [0.15, 0.2) is 30.5 Å². The Bertz CT molecular complexity index is 692. The largest absolute Gasteiger partial charge is 0.478 e. The Labute approximate surface area is 144 Å². The molecule has 1 fully saturated rings. The van der Waals surface area contributed by atoms with E-state index in [4.69, 9.17) is 0 Å². The van der Waals surface area contributed by atoms with E-state index in [0.717, 1.165) is 24.0 Å². The van der Waals surface area contributed by atoms with Crippen LogP contribution in [0.1, 0.15) is 49.4 Å². The van der Waals surface area contributed by atoms with Gasteiger partial charge in [-0.15, -0.1) is 0 Å². The standard InChI is InChI=1S/C20H28N2O2/c1-2-3-11-21-12-7-6-8-16(13-21)14-22-15-18(20(23)24)17-9-4-5-10-19(17)22/h4-5,9-10,15-16H,2-3,6-8,11-14H2,1H3,(H,23,24). The number of nitrogens with zero attached hydrogens (tertiary/aromatic N) is 2. The van der Waals surface area contributed by atoms with E-state index >= 15 is 0 Å². The van der Waals surface area contributed by atoms with E-state index in [1.807, 2.05) is 30.5 Å². The van der Waals surface area contributed by atoms with Crippen LogP contribution in [-0.4, -0.2) is 40.2 Å². The molecule has 3 rings (SSSR count). The molecule has 1 unspecified atom stereocenters. The van der Waals surface area contributed by atoms with Gasteiger partial charge in [-0.05, 0) is 44.3 Å². The first kappa shape index (κ1) is 17.0. The van der Waals surface area contributed by atoms with Crippen LogP contribution in [-0.2, 0) is 6.54 Å². The monoisotopic (exact) mass is 328 g/mol. The Morgan fingerprint density at radius 3 is 2.92 bits per heavy atom. The van der Waals surface area contributed by atoms with Crippen molar-refractivity contribution in [3.63, 3.8) is 0 Å². The number of hydrogen-bond acceptors (Lipinski definition) is 2. The summed E-state index contributed by atoms with van der Waals surface area (Å²) >= 11 is 0. The Morgan fingerprint density at radius 2 is 2.12 bits per heavy atom. The molecule has 1 aliphatic rings. The molecule has 0 saturated carbocycles. The predicted octanol–water partition coefficient (Wildman–Crippen LogP) is 4.24. The maximum absolute atomic E-state index is 11.5. The molecule has 2 aromatic rings. The lowest BCUT2D eigenvalue weighted by atomic mass is 10.0. The van der Waals surface area contributed by atoms with Gasteiger partial charge in [0.1, 0.15) is 0 Å². The van der Waals surface area contributed by atoms with Crippen LogP contribution in [0.5, 0.6) is 0 Å². The number of aromatic carboxylic acids is 1. The summed E-state index contributed by atoms with van der Waals surface area (Å²) in [6.45, 7) is 6.70. The average molecular weight is 328 g/mol. The third-order valence-electron chi connectivity index (χ3n) is 5.15. The summed E-state index contributed by atoms with van der Waals surface area (Å²) in [4.78, 5) is 14.1. The normalized spacial score (nSPS) is 19.5. The summed E-state index contributed by atoms with van der Waals surface area (Å²) in [5, 5.41) is 10.3. The number of carbonyl (C=O) groups is 1. The fourth-order valence-electron chi connectivity index (χ4n) is 3.90. The molecule has 1 aromatic carbocycles. The Morgan fingerprint density at radius 1 is 1.29 bits per heavy atom. The minimum Gasteiger partial charge on any atom is -0.478 e. The summed E-state index contributed by atoms with van der Waals surface area (Å²) in [6, 6.07) is 7.85. The van der Waals surface area contributed by atoms with E-state index in [-0.39, 0.29) is 0 Å². The topological polar surface area (TPSA) is 45.5 Å². The zero-order valence-electron chi connectivity index (χ0n) is 14.6. The van der Waals surface area contributed by atoms with Crippen molar-refractivity contribution in [2.24, 2.45) is 5.92 Å². The first-order valence-electron chi connectivity index (χ1n) is 9.22. The lowest BCUT2D eigenvalue weighted by molar-refractivity contribution is 0.0698. The second kappa shape index (κ2) is 7.84. The molecule has 0 bridgehead atoms. The number of hydrogen-bond donors (Lipinski definition) is 1. The third kappa shape index (κ3) is 3.81. The molecule has 4 nitrogen and oxygen atoms in total. The van der Waals surface area contributed by atoms with E-state index in [2.05, 4.69) is 16.4 Å². The summed E-state index contributed by atoms with van der Waals surface area (Å²) < 4.78 is 2.16. The minimum atomic E-state index is -0.838. The Hall–Kier alpha value is -1.81. The Kier molecular flexibility index (Phi) is 5.56. The maximum Gasteiger partial charge on any atom is 0.337 e. The van der Waals surface area contributed by atoms with E-state index in [0.29, 0.717) is 11.5 Å². The summed E-state index contributed by atoms with van der Waals surface area (Å²) in [5.74, 6) is -0.239. The molecular formula is C20H28N2O2. The van der Waals surface area contributed by atoms with Crippen molar-refractivity contribution in [2.45, 2.75) is 45.6 Å². The number of carboxylic acids is 1. The smallest absolute Gasteiger partial charge is 0.337 e. The molecule has 4 heteroatoms. The molecule has 1 aliphatic heterocycles. The summed E-state index contributed by atoms with van der Waals surface area (Å²) in [7, 11) is 0. The second-order valence-electron chi connectivity index (χ2n) is 7.03. The molecule has 0 amide bonds. The highest BCUT2D eigenvalue weighted by Crippen LogP contribution is 2.25. The van der Waals surface area contributed by atoms with Gasteiger partial charge < -0.3 is 14.6 Å². The quantitative estimate of drug-likeness (QED) is 0.862. The first-order chi connectivity index (χ1) is 11.7. The van der Waals surface area contributed by atoms with Gasteiger partial charge in [0.05, 0.1) is 5.56 Å². The Balaban J connectivity index is 1.79. The lowest BCUT2D eigenvalue weighted by Gasteiger charge is -2.24. The van der Waals surface area contributed by atoms with Crippen molar-refractivity contribution in [3.05, 3.63) is 36.0 Å². The van der Waals surface area contributed by atoms with Crippen LogP contribution >= 0.6 is 0 Å². The number of rotatable bonds is 6. The molecule has 1 N–H and O–H groups in total. The molecule has 1 saturated heterocycles. The SMILES string of the molecule is CCCCN1CCCCC(Cn2cc(C(=O)O)c3ccccc32)C1. The number of para-hydroxylation sites is 1. The molecule has 0 spiro atoms. The van der Waals surface area contributed by atoms with Gasteiger partial charge in [0, 0.05) is 30.2 Å². The number of benzene rings is 1. The van der Waals surface area contributed by atoms with Crippen molar-refractivity contribution < 1.29 is 9.90 Å². The van der Waals surface area contributed by atoms with Crippen molar-refractivity contribution >= 4 is 16.9 Å². The van der Waals surface area contributed by atoms with Crippen molar-refractivity contribution in [1.29, 1.82) is 0 Å². The average Bonchev–Trinajstić information content (AvgIpc) is 2.79. The summed E-state index contributed by atoms with van der Waals surface area (Å²) in [5.41, 5.74) is 1.46. The van der Waals surface area contributed by atoms with Gasteiger partial charge in [-0.2, -0.15) is 0 Å². The lowest BCUT2D eigenvalue weighted by Crippen LogP contribution is -2.31. The van der Waals surface area contributed by atoms with Gasteiger partial charge in [-0.25, -0.2) is 4.79 Å². The van der Waals surface area contributed by atoms with Gasteiger partial charge in [0.15, 0.2) is 0 Å². The van der Waals surface area contributed by atoms with Crippen LogP contribution in [0.4, 0.5) is 0 Å². The highest BCUT2D eigenvalue weighted by Gasteiger charge is 2.20. The molecule has 24 heavy (non-hydrogen) atoms. The van der Waals surface area contributed by atoms with Gasteiger partial charge in [-0.1, -0.05) is 38.0 Å². The van der Waals surface area contributed by atoms with Gasteiger partial charge >= 0.3 is 5.97 Å². The fourth-order valence-corrected chi connectivity index (χ4v) is 3.90. The van der Waals surface area contributed by atoms with E-state index < -0.39 is 5.97 Å². The van der Waals surface area contributed by atoms with E-state index in [1.54, 1.807) is 0 Å². The van der Waals surface area contributed by atoms with Gasteiger partial charge in [0.2, 0.25) is 0 Å². The molecular weight excluding hydrogens is 300 g/mol.